The highest BCUT2D eigenvalue weighted by Crippen LogP contribution is 2.15. The Morgan fingerprint density at radius 3 is 2.40 bits per heavy atom. The van der Waals surface area contributed by atoms with Crippen LogP contribution in [-0.4, -0.2) is 36.8 Å². The molecule has 0 bridgehead atoms. The molecule has 84 valence electrons. The van der Waals surface area contributed by atoms with Gasteiger partial charge in [-0.2, -0.15) is 17.7 Å². The third-order valence-corrected chi connectivity index (χ3v) is 3.17. The lowest BCUT2D eigenvalue weighted by molar-refractivity contribution is 0.526. The Morgan fingerprint density at radius 1 is 1.33 bits per heavy atom. The molecule has 0 atom stereocenters. The van der Waals surface area contributed by atoms with Crippen LogP contribution in [0.5, 0.6) is 0 Å². The molecule has 9 heteroatoms. The monoisotopic (exact) mass is 270 g/mol. The minimum atomic E-state index is -3.61. The van der Waals surface area contributed by atoms with Crippen LogP contribution in [0.15, 0.2) is 6.07 Å². The van der Waals surface area contributed by atoms with Crippen LogP contribution in [0.2, 0.25) is 10.4 Å². The Morgan fingerprint density at radius 2 is 1.93 bits per heavy atom. The first-order valence-corrected chi connectivity index (χ1v) is 5.91. The average Bonchev–Trinajstić information content (AvgIpc) is 1.99. The summed E-state index contributed by atoms with van der Waals surface area (Å²) in [5.74, 6) is 0.0219. The molecule has 0 amide bonds. The maximum absolute atomic E-state index is 11.4. The SMILES string of the molecule is CN(C)S(=O)(=O)Nc1cc(Cl)nc(Cl)n1. The second-order valence-corrected chi connectivity index (χ2v) is 5.34. The minimum Gasteiger partial charge on any atom is -0.254 e. The lowest BCUT2D eigenvalue weighted by Crippen LogP contribution is -2.29. The topological polar surface area (TPSA) is 75.2 Å². The molecule has 0 saturated carbocycles. The van der Waals surface area contributed by atoms with Crippen molar-refractivity contribution in [3.8, 4) is 0 Å². The fourth-order valence-electron chi connectivity index (χ4n) is 0.666. The van der Waals surface area contributed by atoms with E-state index < -0.39 is 10.2 Å². The van der Waals surface area contributed by atoms with Crippen LogP contribution in [-0.2, 0) is 10.2 Å². The summed E-state index contributed by atoms with van der Waals surface area (Å²) in [6.45, 7) is 0. The van der Waals surface area contributed by atoms with Crippen molar-refractivity contribution in [3.63, 3.8) is 0 Å². The number of nitrogens with one attached hydrogen (secondary N) is 1. The van der Waals surface area contributed by atoms with E-state index in [1.165, 1.54) is 20.2 Å². The molecule has 0 aliphatic heterocycles. The smallest absolute Gasteiger partial charge is 0.254 e. The number of hydrogen-bond acceptors (Lipinski definition) is 4. The number of nitrogens with zero attached hydrogens (tertiary/aromatic N) is 3. The van der Waals surface area contributed by atoms with Crippen LogP contribution in [0.4, 0.5) is 5.82 Å². The molecular formula is C6H8Cl2N4O2S. The summed E-state index contributed by atoms with van der Waals surface area (Å²) in [5, 5.41) is -0.0644. The molecule has 0 unspecified atom stereocenters. The largest absolute Gasteiger partial charge is 0.302 e. The van der Waals surface area contributed by atoms with E-state index in [0.717, 1.165) is 4.31 Å². The van der Waals surface area contributed by atoms with Crippen molar-refractivity contribution in [2.75, 3.05) is 18.8 Å². The van der Waals surface area contributed by atoms with Gasteiger partial charge in [0, 0.05) is 20.2 Å². The van der Waals surface area contributed by atoms with Crippen LogP contribution in [0.25, 0.3) is 0 Å². The van der Waals surface area contributed by atoms with Crippen molar-refractivity contribution >= 4 is 39.2 Å². The lowest BCUT2D eigenvalue weighted by Gasteiger charge is -2.12. The van der Waals surface area contributed by atoms with Crippen LogP contribution in [0, 0.1) is 0 Å². The van der Waals surface area contributed by atoms with E-state index in [2.05, 4.69) is 14.7 Å². The van der Waals surface area contributed by atoms with E-state index in [9.17, 15) is 8.42 Å². The maximum atomic E-state index is 11.4. The Labute approximate surface area is 97.4 Å². The Kier molecular flexibility index (Phi) is 3.72. The number of halogens is 2. The molecule has 1 N–H and O–H groups in total. The normalized spacial score (nSPS) is 11.8. The molecule has 0 saturated heterocycles. The predicted octanol–water partition coefficient (Wildman–Crippen LogP) is 1.00. The average molecular weight is 271 g/mol. The minimum absolute atomic E-state index is 0.0219. The highest BCUT2D eigenvalue weighted by atomic mass is 35.5. The molecule has 15 heavy (non-hydrogen) atoms. The second kappa shape index (κ2) is 4.48. The van der Waals surface area contributed by atoms with Gasteiger partial charge in [0.25, 0.3) is 0 Å². The van der Waals surface area contributed by atoms with Crippen molar-refractivity contribution < 1.29 is 8.42 Å². The molecule has 0 spiro atoms. The summed E-state index contributed by atoms with van der Waals surface area (Å²) < 4.78 is 26.0. The zero-order valence-corrected chi connectivity index (χ0v) is 10.2. The number of hydrogen-bond donors (Lipinski definition) is 1. The Bertz CT molecular complexity index is 442. The summed E-state index contributed by atoms with van der Waals surface area (Å²) in [6, 6.07) is 1.26. The number of aromatic nitrogens is 2. The van der Waals surface area contributed by atoms with Gasteiger partial charge >= 0.3 is 10.2 Å². The zero-order chi connectivity index (χ0) is 11.6. The van der Waals surface area contributed by atoms with Crippen LogP contribution in [0.3, 0.4) is 0 Å². The molecule has 0 aromatic carbocycles. The lowest BCUT2D eigenvalue weighted by atomic mass is 10.6. The molecule has 1 heterocycles. The first kappa shape index (κ1) is 12.4. The fourth-order valence-corrected chi connectivity index (χ4v) is 1.63. The molecule has 1 rings (SSSR count). The molecule has 0 radical (unpaired) electrons. The number of anilines is 1. The highest BCUT2D eigenvalue weighted by Gasteiger charge is 2.14. The van der Waals surface area contributed by atoms with Gasteiger partial charge in [-0.25, -0.2) is 4.98 Å². The molecule has 0 fully saturated rings. The number of rotatable bonds is 3. The van der Waals surface area contributed by atoms with Gasteiger partial charge in [-0.1, -0.05) is 11.6 Å². The third kappa shape index (κ3) is 3.45. The van der Waals surface area contributed by atoms with E-state index >= 15 is 0 Å². The van der Waals surface area contributed by atoms with E-state index in [0.29, 0.717) is 0 Å². The van der Waals surface area contributed by atoms with Gasteiger partial charge in [0.2, 0.25) is 5.28 Å². The molecule has 6 nitrogen and oxygen atoms in total. The third-order valence-electron chi connectivity index (χ3n) is 1.38. The van der Waals surface area contributed by atoms with Crippen LogP contribution < -0.4 is 4.72 Å². The molecule has 0 aliphatic rings. The van der Waals surface area contributed by atoms with Gasteiger partial charge in [0.05, 0.1) is 0 Å². The summed E-state index contributed by atoms with van der Waals surface area (Å²) in [6.07, 6.45) is 0. The van der Waals surface area contributed by atoms with Crippen molar-refractivity contribution in [2.45, 2.75) is 0 Å². The van der Waals surface area contributed by atoms with Crippen LogP contribution >= 0.6 is 23.2 Å². The predicted molar refractivity (Wildman–Crippen MR) is 58.3 cm³/mol. The van der Waals surface area contributed by atoms with Gasteiger partial charge in [-0.15, -0.1) is 0 Å². The summed E-state index contributed by atoms with van der Waals surface area (Å²) in [4.78, 5) is 7.23. The van der Waals surface area contributed by atoms with E-state index in [1.54, 1.807) is 0 Å². The van der Waals surface area contributed by atoms with E-state index in [-0.39, 0.29) is 16.3 Å². The van der Waals surface area contributed by atoms with E-state index in [1.807, 2.05) is 0 Å². The molecular weight excluding hydrogens is 263 g/mol. The molecule has 0 aliphatic carbocycles. The maximum Gasteiger partial charge on any atom is 0.302 e. The molecule has 1 aromatic heterocycles. The van der Waals surface area contributed by atoms with E-state index in [4.69, 9.17) is 23.2 Å². The second-order valence-electron chi connectivity index (χ2n) is 2.73. The van der Waals surface area contributed by atoms with Gasteiger partial charge < -0.3 is 0 Å². The highest BCUT2D eigenvalue weighted by molar-refractivity contribution is 7.90. The van der Waals surface area contributed by atoms with Gasteiger partial charge in [0.1, 0.15) is 11.0 Å². The Balaban J connectivity index is 3.00. The quantitative estimate of drug-likeness (QED) is 0.657. The zero-order valence-electron chi connectivity index (χ0n) is 7.90. The van der Waals surface area contributed by atoms with Gasteiger partial charge in [-0.3, -0.25) is 4.72 Å². The van der Waals surface area contributed by atoms with Gasteiger partial charge in [-0.05, 0) is 11.6 Å². The standard InChI is InChI=1S/C6H8Cl2N4O2S/c1-12(2)15(13,14)11-5-3-4(7)9-6(8)10-5/h3H,1-2H3,(H,9,10,11). The van der Waals surface area contributed by atoms with Gasteiger partial charge in [0.15, 0.2) is 0 Å². The Hall–Kier alpha value is -0.630. The fraction of sp³-hybridized carbons (Fsp3) is 0.333. The first-order valence-electron chi connectivity index (χ1n) is 3.71. The summed E-state index contributed by atoms with van der Waals surface area (Å²) in [5.41, 5.74) is 0. The first-order chi connectivity index (χ1) is 6.81. The van der Waals surface area contributed by atoms with Crippen LogP contribution in [0.1, 0.15) is 0 Å². The van der Waals surface area contributed by atoms with Crippen molar-refractivity contribution in [3.05, 3.63) is 16.5 Å². The van der Waals surface area contributed by atoms with Crippen molar-refractivity contribution in [2.24, 2.45) is 0 Å². The van der Waals surface area contributed by atoms with Crippen molar-refractivity contribution in [1.82, 2.24) is 14.3 Å². The molecule has 1 aromatic rings. The summed E-state index contributed by atoms with van der Waals surface area (Å²) in [7, 11) is -0.846. The summed E-state index contributed by atoms with van der Waals surface area (Å²) >= 11 is 11.1. The van der Waals surface area contributed by atoms with Crippen molar-refractivity contribution in [1.29, 1.82) is 0 Å².